The highest BCUT2D eigenvalue weighted by Gasteiger charge is 2.21. The molecule has 8 nitrogen and oxygen atoms in total. The fourth-order valence-corrected chi connectivity index (χ4v) is 2.39. The molecule has 25 heavy (non-hydrogen) atoms. The molecule has 3 rings (SSSR count). The van der Waals surface area contributed by atoms with E-state index in [1.165, 1.54) is 0 Å². The van der Waals surface area contributed by atoms with E-state index in [1.807, 2.05) is 24.3 Å². The highest BCUT2D eigenvalue weighted by molar-refractivity contribution is 5.87. The Hall–Kier alpha value is -3.16. The van der Waals surface area contributed by atoms with Gasteiger partial charge >= 0.3 is 6.03 Å². The first-order valence-corrected chi connectivity index (χ1v) is 7.95. The lowest BCUT2D eigenvalue weighted by Gasteiger charge is -2.15. The summed E-state index contributed by atoms with van der Waals surface area (Å²) in [5, 5.41) is 18.8. The summed E-state index contributed by atoms with van der Waals surface area (Å²) < 4.78 is 1.77. The van der Waals surface area contributed by atoms with Gasteiger partial charge in [-0.25, -0.2) is 4.79 Å². The normalized spacial score (nSPS) is 11.5. The zero-order valence-electron chi connectivity index (χ0n) is 14.4. The van der Waals surface area contributed by atoms with Gasteiger partial charge in [-0.2, -0.15) is 4.52 Å². The Bertz CT molecular complexity index is 893. The molecule has 0 saturated carbocycles. The van der Waals surface area contributed by atoms with Crippen molar-refractivity contribution in [3.05, 3.63) is 47.8 Å². The van der Waals surface area contributed by atoms with E-state index in [4.69, 9.17) is 5.73 Å². The van der Waals surface area contributed by atoms with E-state index in [-0.39, 0.29) is 5.41 Å². The molecule has 0 saturated heterocycles. The average molecular weight is 339 g/mol. The first-order valence-electron chi connectivity index (χ1n) is 7.95. The Balaban J connectivity index is 1.74. The number of carbonyl (C=O) groups is 1. The average Bonchev–Trinajstić information content (AvgIpc) is 2.97. The summed E-state index contributed by atoms with van der Waals surface area (Å²) in [6, 6.07) is 10.6. The first-order chi connectivity index (χ1) is 11.8. The molecule has 3 aromatic rings. The molecule has 2 heterocycles. The Morgan fingerprint density at radius 1 is 1.12 bits per heavy atom. The van der Waals surface area contributed by atoms with Crippen molar-refractivity contribution >= 4 is 23.2 Å². The number of hydrogen-bond acceptors (Lipinski definition) is 5. The lowest BCUT2D eigenvalue weighted by molar-refractivity contribution is 0.259. The van der Waals surface area contributed by atoms with Gasteiger partial charge in [0.1, 0.15) is 5.82 Å². The van der Waals surface area contributed by atoms with E-state index < -0.39 is 6.03 Å². The van der Waals surface area contributed by atoms with Gasteiger partial charge in [-0.05, 0) is 29.8 Å². The van der Waals surface area contributed by atoms with Gasteiger partial charge in [0.05, 0.1) is 0 Å². The third kappa shape index (κ3) is 3.85. The monoisotopic (exact) mass is 339 g/mol. The second-order valence-corrected chi connectivity index (χ2v) is 6.80. The summed E-state index contributed by atoms with van der Waals surface area (Å²) >= 11 is 0. The molecule has 0 aliphatic carbocycles. The maximum Gasteiger partial charge on any atom is 0.316 e. The van der Waals surface area contributed by atoms with Gasteiger partial charge in [-0.1, -0.05) is 32.9 Å². The zero-order chi connectivity index (χ0) is 18.0. The van der Waals surface area contributed by atoms with Gasteiger partial charge in [0.25, 0.3) is 0 Å². The van der Waals surface area contributed by atoms with Gasteiger partial charge in [-0.15, -0.1) is 15.3 Å². The summed E-state index contributed by atoms with van der Waals surface area (Å²) in [6.07, 6.45) is 0. The van der Waals surface area contributed by atoms with Crippen molar-refractivity contribution in [2.45, 2.75) is 32.7 Å². The minimum absolute atomic E-state index is 0.145. The molecule has 2 amide bonds. The fourth-order valence-electron chi connectivity index (χ4n) is 2.39. The molecule has 8 heteroatoms. The van der Waals surface area contributed by atoms with Crippen molar-refractivity contribution in [2.24, 2.45) is 5.73 Å². The van der Waals surface area contributed by atoms with Crippen LogP contribution in [-0.4, -0.2) is 25.8 Å². The van der Waals surface area contributed by atoms with Crippen LogP contribution in [0.25, 0.3) is 5.65 Å². The summed E-state index contributed by atoms with van der Waals surface area (Å²) in [4.78, 5) is 10.8. The SMILES string of the molecule is CC(C)(C)c1nnc2ccc(NCc3ccc(NC(N)=O)cc3)nn12. The van der Waals surface area contributed by atoms with Gasteiger partial charge in [-0.3, -0.25) is 0 Å². The number of anilines is 2. The van der Waals surface area contributed by atoms with Crippen LogP contribution in [0.5, 0.6) is 0 Å². The molecule has 0 unspecified atom stereocenters. The van der Waals surface area contributed by atoms with E-state index >= 15 is 0 Å². The minimum atomic E-state index is -0.577. The number of rotatable bonds is 4. The van der Waals surface area contributed by atoms with E-state index in [0.717, 1.165) is 22.9 Å². The Morgan fingerprint density at radius 2 is 1.84 bits per heavy atom. The lowest BCUT2D eigenvalue weighted by Crippen LogP contribution is -2.19. The van der Waals surface area contributed by atoms with E-state index in [0.29, 0.717) is 12.2 Å². The summed E-state index contributed by atoms with van der Waals surface area (Å²) in [7, 11) is 0. The molecule has 2 aromatic heterocycles. The van der Waals surface area contributed by atoms with Crippen LogP contribution < -0.4 is 16.4 Å². The largest absolute Gasteiger partial charge is 0.365 e. The second kappa shape index (κ2) is 6.39. The number of nitrogens with zero attached hydrogens (tertiary/aromatic N) is 4. The van der Waals surface area contributed by atoms with Crippen molar-refractivity contribution in [1.29, 1.82) is 0 Å². The standard InChI is InChI=1S/C17H21N7O/c1-17(2,3)15-22-21-14-9-8-13(23-24(14)15)19-10-11-4-6-12(7-5-11)20-16(18)25/h4-9H,10H2,1-3H3,(H,19,23)(H3,18,20,25). The van der Waals surface area contributed by atoms with E-state index in [2.05, 4.69) is 46.7 Å². The minimum Gasteiger partial charge on any atom is -0.365 e. The molecule has 0 fully saturated rings. The van der Waals surface area contributed by atoms with Crippen LogP contribution >= 0.6 is 0 Å². The summed E-state index contributed by atoms with van der Waals surface area (Å²) in [5.41, 5.74) is 7.38. The topological polar surface area (TPSA) is 110 Å². The molecule has 0 aliphatic heterocycles. The van der Waals surface area contributed by atoms with Crippen LogP contribution in [0.15, 0.2) is 36.4 Å². The number of fused-ring (bicyclic) bond motifs is 1. The van der Waals surface area contributed by atoms with Crippen molar-refractivity contribution in [2.75, 3.05) is 10.6 Å². The van der Waals surface area contributed by atoms with Gasteiger partial charge < -0.3 is 16.4 Å². The molecular formula is C17H21N7O. The van der Waals surface area contributed by atoms with E-state index in [9.17, 15) is 4.79 Å². The van der Waals surface area contributed by atoms with Crippen molar-refractivity contribution in [3.8, 4) is 0 Å². The number of hydrogen-bond donors (Lipinski definition) is 3. The Morgan fingerprint density at radius 3 is 2.48 bits per heavy atom. The Labute approximate surface area is 145 Å². The number of amides is 2. The van der Waals surface area contributed by atoms with Crippen LogP contribution in [0.3, 0.4) is 0 Å². The van der Waals surface area contributed by atoms with Crippen LogP contribution in [0.1, 0.15) is 32.2 Å². The van der Waals surface area contributed by atoms with Crippen LogP contribution in [0.4, 0.5) is 16.3 Å². The number of nitrogens with one attached hydrogen (secondary N) is 2. The molecule has 0 spiro atoms. The molecule has 0 aliphatic rings. The van der Waals surface area contributed by atoms with Crippen LogP contribution in [0, 0.1) is 0 Å². The predicted octanol–water partition coefficient (Wildman–Crippen LogP) is 2.52. The molecule has 1 aromatic carbocycles. The highest BCUT2D eigenvalue weighted by Crippen LogP contribution is 2.21. The molecule has 130 valence electrons. The van der Waals surface area contributed by atoms with Crippen molar-refractivity contribution < 1.29 is 4.79 Å². The van der Waals surface area contributed by atoms with Crippen LogP contribution in [0.2, 0.25) is 0 Å². The third-order valence-electron chi connectivity index (χ3n) is 3.63. The first kappa shape index (κ1) is 16.7. The maximum atomic E-state index is 10.8. The predicted molar refractivity (Wildman–Crippen MR) is 96.5 cm³/mol. The molecule has 0 radical (unpaired) electrons. The second-order valence-electron chi connectivity index (χ2n) is 6.80. The lowest BCUT2D eigenvalue weighted by atomic mass is 9.96. The number of nitrogens with two attached hydrogens (primary N) is 1. The van der Waals surface area contributed by atoms with Crippen molar-refractivity contribution in [3.63, 3.8) is 0 Å². The highest BCUT2D eigenvalue weighted by atomic mass is 16.2. The summed E-state index contributed by atoms with van der Waals surface area (Å²) in [5.74, 6) is 1.55. The molecule has 0 atom stereocenters. The number of urea groups is 1. The van der Waals surface area contributed by atoms with Gasteiger partial charge in [0.15, 0.2) is 11.5 Å². The van der Waals surface area contributed by atoms with Crippen LogP contribution in [-0.2, 0) is 12.0 Å². The van der Waals surface area contributed by atoms with Crippen molar-refractivity contribution in [1.82, 2.24) is 19.8 Å². The Kier molecular flexibility index (Phi) is 4.26. The molecule has 0 bridgehead atoms. The van der Waals surface area contributed by atoms with Gasteiger partial charge in [0.2, 0.25) is 0 Å². The smallest absolute Gasteiger partial charge is 0.316 e. The number of aromatic nitrogens is 4. The quantitative estimate of drug-likeness (QED) is 0.676. The van der Waals surface area contributed by atoms with E-state index in [1.54, 1.807) is 16.6 Å². The number of carbonyl (C=O) groups excluding carboxylic acids is 1. The molecule has 4 N–H and O–H groups in total. The zero-order valence-corrected chi connectivity index (χ0v) is 14.4. The molecular weight excluding hydrogens is 318 g/mol. The number of benzene rings is 1. The summed E-state index contributed by atoms with van der Waals surface area (Å²) in [6.45, 7) is 6.83. The fraction of sp³-hybridized carbons (Fsp3) is 0.294. The van der Waals surface area contributed by atoms with Gasteiger partial charge in [0, 0.05) is 17.6 Å². The number of primary amides is 1. The maximum absolute atomic E-state index is 10.8. The third-order valence-corrected chi connectivity index (χ3v) is 3.63.